The zero-order valence-electron chi connectivity index (χ0n) is 12.1. The molecule has 6 heteroatoms. The molecule has 0 aliphatic rings. The molecule has 0 aliphatic heterocycles. The van der Waals surface area contributed by atoms with Crippen LogP contribution in [-0.4, -0.2) is 23.5 Å². The molecule has 21 heavy (non-hydrogen) atoms. The molecule has 2 rings (SSSR count). The van der Waals surface area contributed by atoms with Crippen LogP contribution in [0.1, 0.15) is 38.3 Å². The molecular weight excluding hydrogens is 288 g/mol. The molecule has 0 fully saturated rings. The largest absolute Gasteiger partial charge is 0.461 e. The predicted octanol–water partition coefficient (Wildman–Crippen LogP) is 3.19. The Morgan fingerprint density at radius 2 is 2.10 bits per heavy atom. The topological polar surface area (TPSA) is 68.3 Å². The minimum atomic E-state index is -0.506. The van der Waals surface area contributed by atoms with Gasteiger partial charge < -0.3 is 10.1 Å². The third-order valence-corrected chi connectivity index (χ3v) is 3.86. The van der Waals surface area contributed by atoms with Crippen molar-refractivity contribution in [3.63, 3.8) is 0 Å². The highest BCUT2D eigenvalue weighted by atomic mass is 32.1. The number of rotatable bonds is 4. The second kappa shape index (κ2) is 6.49. The van der Waals surface area contributed by atoms with E-state index in [1.54, 1.807) is 12.3 Å². The number of hydrogen-bond donors (Lipinski definition) is 1. The van der Waals surface area contributed by atoms with Gasteiger partial charge >= 0.3 is 5.97 Å². The Morgan fingerprint density at radius 3 is 2.81 bits per heavy atom. The molecule has 1 heterocycles. The second-order valence-corrected chi connectivity index (χ2v) is 5.32. The average Bonchev–Trinajstić information content (AvgIpc) is 2.94. The summed E-state index contributed by atoms with van der Waals surface area (Å²) in [6, 6.07) is 5.69. The zero-order valence-corrected chi connectivity index (χ0v) is 12.9. The molecule has 1 amide bonds. The van der Waals surface area contributed by atoms with E-state index < -0.39 is 5.97 Å². The molecule has 0 unspecified atom stereocenters. The first kappa shape index (κ1) is 15.2. The van der Waals surface area contributed by atoms with Crippen LogP contribution in [0.25, 0.3) is 0 Å². The Hall–Kier alpha value is -2.21. The van der Waals surface area contributed by atoms with Crippen LogP contribution >= 0.6 is 11.3 Å². The lowest BCUT2D eigenvalue weighted by molar-refractivity contribution is 0.0526. The number of hydrogen-bond acceptors (Lipinski definition) is 5. The molecule has 110 valence electrons. The highest BCUT2D eigenvalue weighted by molar-refractivity contribution is 7.11. The van der Waals surface area contributed by atoms with Gasteiger partial charge in [-0.25, -0.2) is 9.78 Å². The van der Waals surface area contributed by atoms with Gasteiger partial charge in [0.15, 0.2) is 0 Å². The van der Waals surface area contributed by atoms with Crippen molar-refractivity contribution < 1.29 is 14.3 Å². The van der Waals surface area contributed by atoms with Gasteiger partial charge in [0, 0.05) is 11.1 Å². The molecule has 0 aliphatic carbocycles. The molecule has 1 aromatic heterocycles. The Balaban J connectivity index is 2.14. The Kier molecular flexibility index (Phi) is 4.70. The molecule has 2 aromatic rings. The molecule has 0 bridgehead atoms. The van der Waals surface area contributed by atoms with Crippen molar-refractivity contribution >= 4 is 28.9 Å². The van der Waals surface area contributed by atoms with E-state index in [0.717, 1.165) is 28.2 Å². The van der Waals surface area contributed by atoms with Crippen molar-refractivity contribution in [2.24, 2.45) is 0 Å². The summed E-state index contributed by atoms with van der Waals surface area (Å²) in [4.78, 5) is 27.7. The summed E-state index contributed by atoms with van der Waals surface area (Å²) in [5, 5.41) is 4.54. The first-order valence-corrected chi connectivity index (χ1v) is 7.41. The van der Waals surface area contributed by atoms with Crippen molar-refractivity contribution in [1.29, 1.82) is 0 Å². The maximum absolute atomic E-state index is 12.2. The summed E-state index contributed by atoms with van der Waals surface area (Å²) in [7, 11) is 0. The van der Waals surface area contributed by atoms with E-state index in [9.17, 15) is 9.59 Å². The molecular formula is C15H16N2O3S. The maximum atomic E-state index is 12.2. The minimum Gasteiger partial charge on any atom is -0.461 e. The van der Waals surface area contributed by atoms with Gasteiger partial charge in [-0.1, -0.05) is 12.1 Å². The number of thiazole rings is 1. The fraction of sp³-hybridized carbons (Fsp3) is 0.267. The summed E-state index contributed by atoms with van der Waals surface area (Å²) in [5.41, 5.74) is 3.06. The van der Waals surface area contributed by atoms with Crippen LogP contribution in [0.3, 0.4) is 0 Å². The number of ether oxygens (including phenoxy) is 1. The van der Waals surface area contributed by atoms with Crippen LogP contribution in [0.15, 0.2) is 23.6 Å². The van der Waals surface area contributed by atoms with Crippen LogP contribution < -0.4 is 5.32 Å². The fourth-order valence-corrected chi connectivity index (χ4v) is 2.43. The third-order valence-electron chi connectivity index (χ3n) is 3.04. The minimum absolute atomic E-state index is 0.183. The van der Waals surface area contributed by atoms with E-state index in [1.807, 2.05) is 32.0 Å². The summed E-state index contributed by atoms with van der Waals surface area (Å²) in [6.45, 7) is 5.92. The number of aryl methyl sites for hydroxylation is 1. The number of anilines is 1. The van der Waals surface area contributed by atoms with Crippen LogP contribution in [0.5, 0.6) is 0 Å². The number of esters is 1. The molecule has 0 atom stereocenters. The number of carbonyl (C=O) groups is 2. The molecule has 1 aromatic carbocycles. The normalized spacial score (nSPS) is 10.2. The number of nitrogens with zero attached hydrogens (tertiary/aromatic N) is 1. The first-order chi connectivity index (χ1) is 10.0. The Labute approximate surface area is 127 Å². The van der Waals surface area contributed by atoms with E-state index in [0.29, 0.717) is 0 Å². The smallest absolute Gasteiger partial charge is 0.367 e. The summed E-state index contributed by atoms with van der Waals surface area (Å²) in [5.74, 6) is -0.844. The first-order valence-electron chi connectivity index (χ1n) is 6.53. The molecule has 0 spiro atoms. The summed E-state index contributed by atoms with van der Waals surface area (Å²) in [6.07, 6.45) is 0. The van der Waals surface area contributed by atoms with Gasteiger partial charge in [0.1, 0.15) is 5.69 Å². The number of aromatic nitrogens is 1. The van der Waals surface area contributed by atoms with Gasteiger partial charge in [-0.2, -0.15) is 0 Å². The molecule has 5 nitrogen and oxygen atoms in total. The van der Waals surface area contributed by atoms with Crippen LogP contribution in [0.4, 0.5) is 5.69 Å². The predicted molar refractivity (Wildman–Crippen MR) is 81.9 cm³/mol. The summed E-state index contributed by atoms with van der Waals surface area (Å²) < 4.78 is 4.85. The van der Waals surface area contributed by atoms with Gasteiger partial charge in [-0.05, 0) is 38.0 Å². The fourth-order valence-electron chi connectivity index (χ4n) is 1.74. The summed E-state index contributed by atoms with van der Waals surface area (Å²) >= 11 is 1.10. The van der Waals surface area contributed by atoms with Gasteiger partial charge in [0.2, 0.25) is 5.01 Å². The molecule has 1 N–H and O–H groups in total. The lowest BCUT2D eigenvalue weighted by atomic mass is 10.1. The molecule has 0 radical (unpaired) electrons. The number of amides is 1. The van der Waals surface area contributed by atoms with E-state index in [-0.39, 0.29) is 23.2 Å². The quantitative estimate of drug-likeness (QED) is 0.881. The van der Waals surface area contributed by atoms with Crippen LogP contribution in [-0.2, 0) is 4.74 Å². The van der Waals surface area contributed by atoms with Crippen LogP contribution in [0.2, 0.25) is 0 Å². The van der Waals surface area contributed by atoms with E-state index >= 15 is 0 Å². The van der Waals surface area contributed by atoms with E-state index in [4.69, 9.17) is 4.74 Å². The van der Waals surface area contributed by atoms with Crippen LogP contribution in [0, 0.1) is 13.8 Å². The monoisotopic (exact) mass is 304 g/mol. The zero-order chi connectivity index (χ0) is 15.4. The highest BCUT2D eigenvalue weighted by Gasteiger charge is 2.17. The van der Waals surface area contributed by atoms with Crippen molar-refractivity contribution in [3.05, 3.63) is 45.4 Å². The standard InChI is InChI=1S/C15H16N2O3S/c1-4-20-15(19)14-17-12(8-21-14)13(18)16-11-7-5-6-9(2)10(11)3/h5-8H,4H2,1-3H3,(H,16,18). The number of benzene rings is 1. The van der Waals surface area contributed by atoms with Crippen molar-refractivity contribution in [1.82, 2.24) is 4.98 Å². The van der Waals surface area contributed by atoms with Gasteiger partial charge in [0.25, 0.3) is 5.91 Å². The average molecular weight is 304 g/mol. The molecule has 0 saturated heterocycles. The third kappa shape index (κ3) is 3.46. The number of nitrogens with one attached hydrogen (secondary N) is 1. The Morgan fingerprint density at radius 1 is 1.33 bits per heavy atom. The van der Waals surface area contributed by atoms with E-state index in [2.05, 4.69) is 10.3 Å². The van der Waals surface area contributed by atoms with E-state index in [1.165, 1.54) is 0 Å². The number of carbonyl (C=O) groups excluding carboxylic acids is 2. The van der Waals surface area contributed by atoms with Gasteiger partial charge in [0.05, 0.1) is 6.61 Å². The Bertz CT molecular complexity index is 679. The SMILES string of the molecule is CCOC(=O)c1nc(C(=O)Nc2cccc(C)c2C)cs1. The lowest BCUT2D eigenvalue weighted by Crippen LogP contribution is -2.14. The molecule has 0 saturated carbocycles. The highest BCUT2D eigenvalue weighted by Crippen LogP contribution is 2.19. The van der Waals surface area contributed by atoms with Crippen molar-refractivity contribution in [3.8, 4) is 0 Å². The maximum Gasteiger partial charge on any atom is 0.367 e. The van der Waals surface area contributed by atoms with Gasteiger partial charge in [-0.15, -0.1) is 11.3 Å². The van der Waals surface area contributed by atoms with Crippen molar-refractivity contribution in [2.75, 3.05) is 11.9 Å². The lowest BCUT2D eigenvalue weighted by Gasteiger charge is -2.09. The van der Waals surface area contributed by atoms with Crippen molar-refractivity contribution in [2.45, 2.75) is 20.8 Å². The second-order valence-electron chi connectivity index (χ2n) is 4.46. The van der Waals surface area contributed by atoms with Gasteiger partial charge in [-0.3, -0.25) is 4.79 Å².